The first kappa shape index (κ1) is 21.9. The predicted molar refractivity (Wildman–Crippen MR) is 110 cm³/mol. The summed E-state index contributed by atoms with van der Waals surface area (Å²) in [6.45, 7) is 4.35. The SMILES string of the molecule is CC(C)c1ccc(CCCNC(=O)CN(c2cccc(F)c2)S(C)(=O)=O)cc1. The van der Waals surface area contributed by atoms with Crippen molar-refractivity contribution in [2.24, 2.45) is 0 Å². The van der Waals surface area contributed by atoms with Crippen molar-refractivity contribution in [3.8, 4) is 0 Å². The van der Waals surface area contributed by atoms with Gasteiger partial charge in [-0.3, -0.25) is 9.10 Å². The Kier molecular flexibility index (Phi) is 7.57. The van der Waals surface area contributed by atoms with E-state index < -0.39 is 21.7 Å². The van der Waals surface area contributed by atoms with Crippen molar-refractivity contribution in [2.75, 3.05) is 23.7 Å². The van der Waals surface area contributed by atoms with Gasteiger partial charge < -0.3 is 5.32 Å². The van der Waals surface area contributed by atoms with E-state index in [0.717, 1.165) is 29.5 Å². The Labute approximate surface area is 166 Å². The van der Waals surface area contributed by atoms with Crippen LogP contribution in [0.1, 0.15) is 37.3 Å². The number of anilines is 1. The van der Waals surface area contributed by atoms with Crippen LogP contribution in [-0.2, 0) is 21.2 Å². The molecule has 0 spiro atoms. The summed E-state index contributed by atoms with van der Waals surface area (Å²) in [6, 6.07) is 13.6. The van der Waals surface area contributed by atoms with Crippen LogP contribution in [0.2, 0.25) is 0 Å². The zero-order chi connectivity index (χ0) is 20.7. The molecule has 0 aromatic heterocycles. The van der Waals surface area contributed by atoms with E-state index in [-0.39, 0.29) is 12.2 Å². The first-order chi connectivity index (χ1) is 13.2. The number of rotatable bonds is 9. The van der Waals surface area contributed by atoms with Gasteiger partial charge in [-0.1, -0.05) is 44.2 Å². The molecule has 0 unspecified atom stereocenters. The molecule has 2 aromatic carbocycles. The third-order valence-corrected chi connectivity index (χ3v) is 5.54. The van der Waals surface area contributed by atoms with E-state index in [9.17, 15) is 17.6 Å². The van der Waals surface area contributed by atoms with E-state index in [4.69, 9.17) is 0 Å². The topological polar surface area (TPSA) is 66.5 Å². The average Bonchev–Trinajstić information content (AvgIpc) is 2.62. The molecular weight excluding hydrogens is 379 g/mol. The van der Waals surface area contributed by atoms with Crippen LogP contribution in [0.3, 0.4) is 0 Å². The van der Waals surface area contributed by atoms with Crippen LogP contribution in [-0.4, -0.2) is 33.7 Å². The van der Waals surface area contributed by atoms with E-state index in [2.05, 4.69) is 43.4 Å². The molecule has 0 aliphatic rings. The Morgan fingerprint density at radius 3 is 2.39 bits per heavy atom. The first-order valence-electron chi connectivity index (χ1n) is 9.25. The van der Waals surface area contributed by atoms with E-state index in [1.54, 1.807) is 0 Å². The van der Waals surface area contributed by atoms with Crippen LogP contribution < -0.4 is 9.62 Å². The monoisotopic (exact) mass is 406 g/mol. The molecule has 0 atom stereocenters. The number of aryl methyl sites for hydroxylation is 1. The van der Waals surface area contributed by atoms with Gasteiger partial charge in [0.25, 0.3) is 0 Å². The molecule has 0 saturated carbocycles. The summed E-state index contributed by atoms with van der Waals surface area (Å²) in [5.74, 6) is -0.496. The zero-order valence-corrected chi connectivity index (χ0v) is 17.3. The van der Waals surface area contributed by atoms with Crippen LogP contribution in [0.25, 0.3) is 0 Å². The Morgan fingerprint density at radius 2 is 1.82 bits per heavy atom. The number of amides is 1. The summed E-state index contributed by atoms with van der Waals surface area (Å²) in [6.07, 6.45) is 2.55. The lowest BCUT2D eigenvalue weighted by atomic mass is 10.0. The fourth-order valence-electron chi connectivity index (χ4n) is 2.81. The van der Waals surface area contributed by atoms with E-state index in [0.29, 0.717) is 12.5 Å². The fourth-order valence-corrected chi connectivity index (χ4v) is 3.66. The third kappa shape index (κ3) is 6.64. The molecule has 2 aromatic rings. The molecule has 152 valence electrons. The van der Waals surface area contributed by atoms with Gasteiger partial charge in [-0.2, -0.15) is 0 Å². The number of halogens is 1. The zero-order valence-electron chi connectivity index (χ0n) is 16.5. The van der Waals surface area contributed by atoms with E-state index >= 15 is 0 Å². The molecular formula is C21H27FN2O3S. The molecule has 5 nitrogen and oxygen atoms in total. The number of nitrogens with zero attached hydrogens (tertiary/aromatic N) is 1. The Hall–Kier alpha value is -2.41. The van der Waals surface area contributed by atoms with Gasteiger partial charge in [0, 0.05) is 6.54 Å². The lowest BCUT2D eigenvalue weighted by Gasteiger charge is -2.21. The highest BCUT2D eigenvalue weighted by Crippen LogP contribution is 2.18. The highest BCUT2D eigenvalue weighted by molar-refractivity contribution is 7.92. The van der Waals surface area contributed by atoms with Gasteiger partial charge in [-0.15, -0.1) is 0 Å². The normalized spacial score (nSPS) is 11.5. The number of nitrogens with one attached hydrogen (secondary N) is 1. The third-order valence-electron chi connectivity index (χ3n) is 4.39. The second-order valence-corrected chi connectivity index (χ2v) is 9.01. The molecule has 0 radical (unpaired) electrons. The van der Waals surface area contributed by atoms with E-state index in [1.807, 2.05) is 0 Å². The number of benzene rings is 2. The van der Waals surface area contributed by atoms with Gasteiger partial charge in [0.2, 0.25) is 15.9 Å². The van der Waals surface area contributed by atoms with Crippen LogP contribution in [0.5, 0.6) is 0 Å². The maximum Gasteiger partial charge on any atom is 0.240 e. The number of hydrogen-bond acceptors (Lipinski definition) is 3. The van der Waals surface area contributed by atoms with Crippen molar-refractivity contribution in [1.29, 1.82) is 0 Å². The molecule has 1 amide bonds. The van der Waals surface area contributed by atoms with Gasteiger partial charge in [0.05, 0.1) is 11.9 Å². The smallest absolute Gasteiger partial charge is 0.240 e. The molecule has 0 aliphatic carbocycles. The highest BCUT2D eigenvalue weighted by atomic mass is 32.2. The maximum atomic E-state index is 13.4. The second kappa shape index (κ2) is 9.68. The molecule has 7 heteroatoms. The predicted octanol–water partition coefficient (Wildman–Crippen LogP) is 3.46. The van der Waals surface area contributed by atoms with Gasteiger partial charge in [0.15, 0.2) is 0 Å². The van der Waals surface area contributed by atoms with Gasteiger partial charge in [-0.25, -0.2) is 12.8 Å². The van der Waals surface area contributed by atoms with Crippen molar-refractivity contribution >= 4 is 21.6 Å². The van der Waals surface area contributed by atoms with Crippen molar-refractivity contribution in [2.45, 2.75) is 32.6 Å². The molecule has 0 saturated heterocycles. The highest BCUT2D eigenvalue weighted by Gasteiger charge is 2.21. The van der Waals surface area contributed by atoms with Crippen molar-refractivity contribution in [3.05, 3.63) is 65.5 Å². The van der Waals surface area contributed by atoms with E-state index in [1.165, 1.54) is 29.3 Å². The number of sulfonamides is 1. The van der Waals surface area contributed by atoms with Crippen LogP contribution >= 0.6 is 0 Å². The first-order valence-corrected chi connectivity index (χ1v) is 11.1. The number of carbonyl (C=O) groups is 1. The van der Waals surface area contributed by atoms with Crippen LogP contribution in [0.4, 0.5) is 10.1 Å². The average molecular weight is 407 g/mol. The van der Waals surface area contributed by atoms with Crippen LogP contribution in [0.15, 0.2) is 48.5 Å². The summed E-state index contributed by atoms with van der Waals surface area (Å²) >= 11 is 0. The van der Waals surface area contributed by atoms with Crippen molar-refractivity contribution < 1.29 is 17.6 Å². The summed E-state index contributed by atoms with van der Waals surface area (Å²) in [5, 5.41) is 2.73. The Balaban J connectivity index is 1.86. The summed E-state index contributed by atoms with van der Waals surface area (Å²) in [7, 11) is -3.71. The maximum absolute atomic E-state index is 13.4. The summed E-state index contributed by atoms with van der Waals surface area (Å²) in [5.41, 5.74) is 2.61. The minimum Gasteiger partial charge on any atom is -0.355 e. The lowest BCUT2D eigenvalue weighted by molar-refractivity contribution is -0.119. The number of carbonyl (C=O) groups excluding carboxylic acids is 1. The molecule has 0 aliphatic heterocycles. The minimum absolute atomic E-state index is 0.128. The van der Waals surface area contributed by atoms with Gasteiger partial charge >= 0.3 is 0 Å². The molecule has 28 heavy (non-hydrogen) atoms. The van der Waals surface area contributed by atoms with Crippen molar-refractivity contribution in [3.63, 3.8) is 0 Å². The minimum atomic E-state index is -3.71. The molecule has 0 fully saturated rings. The lowest BCUT2D eigenvalue weighted by Crippen LogP contribution is -2.40. The quantitative estimate of drug-likeness (QED) is 0.649. The Morgan fingerprint density at radius 1 is 1.14 bits per heavy atom. The van der Waals surface area contributed by atoms with Crippen LogP contribution in [0, 0.1) is 5.82 Å². The molecule has 1 N–H and O–H groups in total. The van der Waals surface area contributed by atoms with Gasteiger partial charge in [-0.05, 0) is 48.1 Å². The molecule has 2 rings (SSSR count). The summed E-state index contributed by atoms with van der Waals surface area (Å²) < 4.78 is 38.3. The molecule has 0 heterocycles. The second-order valence-electron chi connectivity index (χ2n) is 7.10. The summed E-state index contributed by atoms with van der Waals surface area (Å²) in [4.78, 5) is 12.2. The molecule has 0 bridgehead atoms. The van der Waals surface area contributed by atoms with Gasteiger partial charge in [0.1, 0.15) is 12.4 Å². The fraction of sp³-hybridized carbons (Fsp3) is 0.381. The Bertz CT molecular complexity index is 896. The standard InChI is InChI=1S/C21H27FN2O3S/c1-16(2)18-11-9-17(10-12-18)6-5-13-23-21(25)15-24(28(3,26)27)20-8-4-7-19(22)14-20/h4,7-12,14,16H,5-6,13,15H2,1-3H3,(H,23,25). The largest absolute Gasteiger partial charge is 0.355 e. The van der Waals surface area contributed by atoms with Crippen molar-refractivity contribution in [1.82, 2.24) is 5.32 Å². The number of hydrogen-bond donors (Lipinski definition) is 1.